The minimum atomic E-state index is -3.08. The number of hydrogen-bond acceptors (Lipinski definition) is 4. The summed E-state index contributed by atoms with van der Waals surface area (Å²) in [6.07, 6.45) is 3.50. The van der Waals surface area contributed by atoms with Crippen molar-refractivity contribution in [2.75, 3.05) is 18.6 Å². The molecular formula is C13H18FNO3S. The smallest absolute Gasteiger partial charge is 0.165 e. The van der Waals surface area contributed by atoms with Crippen molar-refractivity contribution in [1.29, 1.82) is 0 Å². The van der Waals surface area contributed by atoms with Gasteiger partial charge in [-0.3, -0.25) is 0 Å². The van der Waals surface area contributed by atoms with Crippen LogP contribution in [0, 0.1) is 5.82 Å². The Kier molecular flexibility index (Phi) is 4.42. The highest BCUT2D eigenvalue weighted by molar-refractivity contribution is 7.90. The van der Waals surface area contributed by atoms with Crippen LogP contribution in [0.2, 0.25) is 0 Å². The Hall–Kier alpha value is -1.14. The molecule has 0 atom stereocenters. The van der Waals surface area contributed by atoms with Crippen LogP contribution in [-0.2, 0) is 16.4 Å². The Balaban J connectivity index is 1.86. The molecule has 0 amide bonds. The summed E-state index contributed by atoms with van der Waals surface area (Å²) in [7, 11) is -3.08. The van der Waals surface area contributed by atoms with Gasteiger partial charge in [-0.15, -0.1) is 0 Å². The van der Waals surface area contributed by atoms with Gasteiger partial charge in [-0.1, -0.05) is 6.07 Å². The van der Waals surface area contributed by atoms with Crippen molar-refractivity contribution in [3.63, 3.8) is 0 Å². The third kappa shape index (κ3) is 5.16. The predicted octanol–water partition coefficient (Wildman–Crippen LogP) is 1.50. The summed E-state index contributed by atoms with van der Waals surface area (Å²) in [5.74, 6) is -0.473. The Bertz CT molecular complexity index is 541. The van der Waals surface area contributed by atoms with Gasteiger partial charge in [0.2, 0.25) is 0 Å². The maximum absolute atomic E-state index is 13.7. The molecule has 0 spiro atoms. The van der Waals surface area contributed by atoms with E-state index in [1.54, 1.807) is 12.1 Å². The number of ether oxygens (including phenoxy) is 1. The third-order valence-electron chi connectivity index (χ3n) is 2.88. The van der Waals surface area contributed by atoms with Crippen LogP contribution >= 0.6 is 0 Å². The average molecular weight is 287 g/mol. The van der Waals surface area contributed by atoms with E-state index in [9.17, 15) is 12.8 Å². The van der Waals surface area contributed by atoms with Gasteiger partial charge in [-0.2, -0.15) is 0 Å². The summed E-state index contributed by atoms with van der Waals surface area (Å²) < 4.78 is 40.7. The zero-order chi connectivity index (χ0) is 13.9. The molecular weight excluding hydrogens is 269 g/mol. The number of halogens is 1. The summed E-state index contributed by atoms with van der Waals surface area (Å²) in [6, 6.07) is 5.33. The molecule has 1 aliphatic rings. The highest BCUT2D eigenvalue weighted by atomic mass is 32.2. The van der Waals surface area contributed by atoms with Crippen LogP contribution in [0.25, 0.3) is 0 Å². The van der Waals surface area contributed by atoms with Gasteiger partial charge in [-0.05, 0) is 30.5 Å². The SMILES string of the molecule is CS(=O)(=O)CCOc1ccc(CNC2CC2)cc1F. The average Bonchev–Trinajstić information content (AvgIpc) is 3.11. The van der Waals surface area contributed by atoms with Crippen molar-refractivity contribution in [3.05, 3.63) is 29.6 Å². The first-order valence-corrected chi connectivity index (χ1v) is 8.32. The largest absolute Gasteiger partial charge is 0.489 e. The maximum Gasteiger partial charge on any atom is 0.165 e. The van der Waals surface area contributed by atoms with Crippen molar-refractivity contribution < 1.29 is 17.5 Å². The molecule has 1 aliphatic carbocycles. The van der Waals surface area contributed by atoms with Crippen LogP contribution in [0.4, 0.5) is 4.39 Å². The molecule has 1 aromatic carbocycles. The summed E-state index contributed by atoms with van der Waals surface area (Å²) in [5.41, 5.74) is 0.861. The van der Waals surface area contributed by atoms with Crippen LogP contribution in [0.3, 0.4) is 0 Å². The fourth-order valence-corrected chi connectivity index (χ4v) is 2.01. The van der Waals surface area contributed by atoms with Crippen molar-refractivity contribution in [3.8, 4) is 5.75 Å². The lowest BCUT2D eigenvalue weighted by atomic mass is 10.2. The molecule has 6 heteroatoms. The predicted molar refractivity (Wildman–Crippen MR) is 71.5 cm³/mol. The van der Waals surface area contributed by atoms with Crippen molar-refractivity contribution in [2.24, 2.45) is 0 Å². The second-order valence-electron chi connectivity index (χ2n) is 4.90. The van der Waals surface area contributed by atoms with Gasteiger partial charge in [0.05, 0.1) is 5.75 Å². The first kappa shape index (κ1) is 14.3. The minimum Gasteiger partial charge on any atom is -0.489 e. The Morgan fingerprint density at radius 2 is 2.16 bits per heavy atom. The Morgan fingerprint density at radius 3 is 2.74 bits per heavy atom. The van der Waals surface area contributed by atoms with Gasteiger partial charge in [-0.25, -0.2) is 12.8 Å². The zero-order valence-electron chi connectivity index (χ0n) is 10.9. The lowest BCUT2D eigenvalue weighted by Gasteiger charge is -2.08. The van der Waals surface area contributed by atoms with E-state index in [-0.39, 0.29) is 18.1 Å². The van der Waals surface area contributed by atoms with Gasteiger partial charge >= 0.3 is 0 Å². The Morgan fingerprint density at radius 1 is 1.42 bits per heavy atom. The molecule has 0 saturated heterocycles. The summed E-state index contributed by atoms with van der Waals surface area (Å²) in [6.45, 7) is 0.612. The van der Waals surface area contributed by atoms with E-state index in [1.165, 1.54) is 18.9 Å². The van der Waals surface area contributed by atoms with E-state index < -0.39 is 15.7 Å². The quantitative estimate of drug-likeness (QED) is 0.826. The highest BCUT2D eigenvalue weighted by Gasteiger charge is 2.20. The fourth-order valence-electron chi connectivity index (χ4n) is 1.62. The molecule has 1 fully saturated rings. The molecule has 2 rings (SSSR count). The minimum absolute atomic E-state index is 0.0323. The lowest BCUT2D eigenvalue weighted by molar-refractivity contribution is 0.322. The number of nitrogens with one attached hydrogen (secondary N) is 1. The molecule has 0 heterocycles. The normalized spacial score (nSPS) is 15.5. The molecule has 0 bridgehead atoms. The van der Waals surface area contributed by atoms with Crippen molar-refractivity contribution in [1.82, 2.24) is 5.32 Å². The molecule has 0 unspecified atom stereocenters. The molecule has 106 valence electrons. The van der Waals surface area contributed by atoms with Crippen LogP contribution in [0.15, 0.2) is 18.2 Å². The zero-order valence-corrected chi connectivity index (χ0v) is 11.7. The molecule has 19 heavy (non-hydrogen) atoms. The second kappa shape index (κ2) is 5.88. The fraction of sp³-hybridized carbons (Fsp3) is 0.538. The molecule has 1 N–H and O–H groups in total. The first-order chi connectivity index (χ1) is 8.94. The van der Waals surface area contributed by atoms with E-state index in [0.29, 0.717) is 12.6 Å². The van der Waals surface area contributed by atoms with E-state index in [2.05, 4.69) is 5.32 Å². The number of sulfone groups is 1. The highest BCUT2D eigenvalue weighted by Crippen LogP contribution is 2.21. The Labute approximate surface area is 112 Å². The number of rotatable bonds is 7. The van der Waals surface area contributed by atoms with E-state index in [0.717, 1.165) is 11.8 Å². The van der Waals surface area contributed by atoms with Crippen LogP contribution in [0.1, 0.15) is 18.4 Å². The van der Waals surface area contributed by atoms with Crippen LogP contribution in [-0.4, -0.2) is 33.1 Å². The second-order valence-corrected chi connectivity index (χ2v) is 7.16. The van der Waals surface area contributed by atoms with Gasteiger partial charge in [0.1, 0.15) is 6.61 Å². The molecule has 1 saturated carbocycles. The topological polar surface area (TPSA) is 55.4 Å². The van der Waals surface area contributed by atoms with Crippen LogP contribution in [0.5, 0.6) is 5.75 Å². The van der Waals surface area contributed by atoms with E-state index in [1.807, 2.05) is 0 Å². The van der Waals surface area contributed by atoms with Gasteiger partial charge in [0.15, 0.2) is 21.4 Å². The summed E-state index contributed by atoms with van der Waals surface area (Å²) >= 11 is 0. The first-order valence-electron chi connectivity index (χ1n) is 6.26. The monoisotopic (exact) mass is 287 g/mol. The summed E-state index contributed by atoms with van der Waals surface area (Å²) in [4.78, 5) is 0. The molecule has 0 radical (unpaired) electrons. The van der Waals surface area contributed by atoms with E-state index in [4.69, 9.17) is 4.74 Å². The van der Waals surface area contributed by atoms with Gasteiger partial charge in [0, 0.05) is 18.8 Å². The van der Waals surface area contributed by atoms with Crippen molar-refractivity contribution >= 4 is 9.84 Å². The standard InChI is InChI=1S/C13H18FNO3S/c1-19(16,17)7-6-18-13-5-2-10(8-12(13)14)9-15-11-3-4-11/h2,5,8,11,15H,3-4,6-7,9H2,1H3. The number of benzene rings is 1. The molecule has 4 nitrogen and oxygen atoms in total. The summed E-state index contributed by atoms with van der Waals surface area (Å²) in [5, 5.41) is 3.30. The lowest BCUT2D eigenvalue weighted by Crippen LogP contribution is -2.15. The van der Waals surface area contributed by atoms with Gasteiger partial charge in [0.25, 0.3) is 0 Å². The van der Waals surface area contributed by atoms with Crippen molar-refractivity contribution in [2.45, 2.75) is 25.4 Å². The maximum atomic E-state index is 13.7. The van der Waals surface area contributed by atoms with Gasteiger partial charge < -0.3 is 10.1 Å². The van der Waals surface area contributed by atoms with Crippen LogP contribution < -0.4 is 10.1 Å². The molecule has 0 aliphatic heterocycles. The van der Waals surface area contributed by atoms with E-state index >= 15 is 0 Å². The molecule has 0 aromatic heterocycles. The number of hydrogen-bond donors (Lipinski definition) is 1. The third-order valence-corrected chi connectivity index (χ3v) is 3.79. The molecule has 1 aromatic rings.